The van der Waals surface area contributed by atoms with Crippen molar-refractivity contribution >= 4 is 23.3 Å². The van der Waals surface area contributed by atoms with E-state index >= 15 is 0 Å². The van der Waals surface area contributed by atoms with Gasteiger partial charge in [-0.2, -0.15) is 9.64 Å². The topological polar surface area (TPSA) is 49.6 Å². The molecule has 0 aliphatic heterocycles. The van der Waals surface area contributed by atoms with Gasteiger partial charge in [0.25, 0.3) is 0 Å². The molecule has 3 nitrogen and oxygen atoms in total. The highest BCUT2D eigenvalue weighted by atomic mass is 32.2. The van der Waals surface area contributed by atoms with Gasteiger partial charge in [0.1, 0.15) is 16.7 Å². The molecule has 2 aromatic heterocycles. The first-order chi connectivity index (χ1) is 7.36. The second-order valence-electron chi connectivity index (χ2n) is 2.74. The Morgan fingerprint density at radius 2 is 2.13 bits per heavy atom. The number of nitrogens with zero attached hydrogens (tertiary/aromatic N) is 3. The average Bonchev–Trinajstić information content (AvgIpc) is 2.72. The number of thioether (sulfide) groups is 1. The molecule has 2 aromatic rings. The van der Waals surface area contributed by atoms with Crippen molar-refractivity contribution in [3.63, 3.8) is 0 Å². The summed E-state index contributed by atoms with van der Waals surface area (Å²) in [6.45, 7) is 0. The van der Waals surface area contributed by atoms with E-state index in [1.807, 2.05) is 18.4 Å². The highest BCUT2D eigenvalue weighted by molar-refractivity contribution is 7.98. The maximum absolute atomic E-state index is 9.07. The smallest absolute Gasteiger partial charge is 0.128 e. The number of nitriles is 1. The first kappa shape index (κ1) is 10.1. The zero-order valence-corrected chi connectivity index (χ0v) is 9.60. The molecule has 0 aliphatic rings. The van der Waals surface area contributed by atoms with Crippen LogP contribution in [0, 0.1) is 11.3 Å². The summed E-state index contributed by atoms with van der Waals surface area (Å²) in [5.41, 5.74) is 1.66. The van der Waals surface area contributed by atoms with E-state index in [2.05, 4.69) is 15.4 Å². The van der Waals surface area contributed by atoms with Gasteiger partial charge in [0.2, 0.25) is 0 Å². The lowest BCUT2D eigenvalue weighted by atomic mass is 10.2. The molecule has 0 unspecified atom stereocenters. The van der Waals surface area contributed by atoms with Crippen LogP contribution >= 0.6 is 23.3 Å². The molecule has 2 rings (SSSR count). The van der Waals surface area contributed by atoms with Crippen LogP contribution in [0.5, 0.6) is 0 Å². The molecular weight excluding hydrogens is 226 g/mol. The molecule has 5 heteroatoms. The predicted octanol–water partition coefficient (Wildman–Crippen LogP) is 2.80. The average molecular weight is 233 g/mol. The van der Waals surface area contributed by atoms with Crippen LogP contribution < -0.4 is 0 Å². The third-order valence-corrected chi connectivity index (χ3v) is 3.60. The van der Waals surface area contributed by atoms with Gasteiger partial charge in [-0.1, -0.05) is 0 Å². The van der Waals surface area contributed by atoms with Crippen molar-refractivity contribution in [2.45, 2.75) is 5.03 Å². The van der Waals surface area contributed by atoms with Gasteiger partial charge in [0.05, 0.1) is 4.88 Å². The van der Waals surface area contributed by atoms with Crippen molar-refractivity contribution < 1.29 is 0 Å². The largest absolute Gasteiger partial charge is 0.265 e. The Hall–Kier alpha value is -1.38. The highest BCUT2D eigenvalue weighted by Gasteiger charge is 2.13. The molecule has 0 radical (unpaired) electrons. The molecule has 0 bridgehead atoms. The molecule has 0 N–H and O–H groups in total. The molecule has 0 spiro atoms. The van der Waals surface area contributed by atoms with Gasteiger partial charge in [-0.25, -0.2) is 0 Å². The summed E-state index contributed by atoms with van der Waals surface area (Å²) in [6, 6.07) is 5.97. The standard InChI is InChI=1S/C10H7N3S2/c1-14-10-8(6-11)9(15-13-10)7-2-4-12-5-3-7/h2-5H,1H3. The molecule has 2 heterocycles. The lowest BCUT2D eigenvalue weighted by molar-refractivity contribution is 1.26. The quantitative estimate of drug-likeness (QED) is 0.748. The fraction of sp³-hybridized carbons (Fsp3) is 0.100. The third kappa shape index (κ3) is 1.87. The fourth-order valence-electron chi connectivity index (χ4n) is 1.21. The molecule has 0 amide bonds. The van der Waals surface area contributed by atoms with E-state index < -0.39 is 0 Å². The summed E-state index contributed by atoms with van der Waals surface area (Å²) in [4.78, 5) is 4.87. The number of hydrogen-bond donors (Lipinski definition) is 0. The molecule has 74 valence electrons. The van der Waals surface area contributed by atoms with Crippen LogP contribution in [0.2, 0.25) is 0 Å². The Morgan fingerprint density at radius 1 is 1.40 bits per heavy atom. The molecule has 15 heavy (non-hydrogen) atoms. The Bertz CT molecular complexity index is 499. The second kappa shape index (κ2) is 4.43. The molecule has 0 fully saturated rings. The summed E-state index contributed by atoms with van der Waals surface area (Å²) in [7, 11) is 0. The van der Waals surface area contributed by atoms with Crippen LogP contribution in [0.4, 0.5) is 0 Å². The maximum atomic E-state index is 9.07. The summed E-state index contributed by atoms with van der Waals surface area (Å²) in [5, 5.41) is 9.87. The monoisotopic (exact) mass is 233 g/mol. The number of aromatic nitrogens is 2. The zero-order valence-electron chi connectivity index (χ0n) is 7.97. The highest BCUT2D eigenvalue weighted by Crippen LogP contribution is 2.33. The summed E-state index contributed by atoms with van der Waals surface area (Å²) in [6.07, 6.45) is 5.36. The van der Waals surface area contributed by atoms with Gasteiger partial charge in [0.15, 0.2) is 0 Å². The maximum Gasteiger partial charge on any atom is 0.128 e. The molecular formula is C10H7N3S2. The lowest BCUT2D eigenvalue weighted by Gasteiger charge is -1.95. The van der Waals surface area contributed by atoms with Gasteiger partial charge in [-0.3, -0.25) is 4.98 Å². The molecule has 0 saturated carbocycles. The molecule has 0 atom stereocenters. The Balaban J connectivity index is 2.55. The Morgan fingerprint density at radius 3 is 2.73 bits per heavy atom. The molecule has 0 aliphatic carbocycles. The van der Waals surface area contributed by atoms with E-state index in [0.29, 0.717) is 5.56 Å². The van der Waals surface area contributed by atoms with E-state index in [-0.39, 0.29) is 0 Å². The Kier molecular flexibility index (Phi) is 2.99. The minimum Gasteiger partial charge on any atom is -0.265 e. The zero-order chi connectivity index (χ0) is 10.7. The first-order valence-corrected chi connectivity index (χ1v) is 6.20. The fourth-order valence-corrected chi connectivity index (χ4v) is 2.78. The Labute approximate surface area is 96.0 Å². The van der Waals surface area contributed by atoms with Gasteiger partial charge in [-0.05, 0) is 35.5 Å². The molecule has 0 aromatic carbocycles. The lowest BCUT2D eigenvalue weighted by Crippen LogP contribution is -1.80. The molecule has 0 saturated heterocycles. The van der Waals surface area contributed by atoms with Crippen LogP contribution in [0.3, 0.4) is 0 Å². The summed E-state index contributed by atoms with van der Waals surface area (Å²) >= 11 is 2.85. The van der Waals surface area contributed by atoms with Crippen LogP contribution in [-0.2, 0) is 0 Å². The van der Waals surface area contributed by atoms with Crippen molar-refractivity contribution in [3.05, 3.63) is 30.1 Å². The van der Waals surface area contributed by atoms with Crippen molar-refractivity contribution in [1.29, 1.82) is 5.26 Å². The third-order valence-electron chi connectivity index (χ3n) is 1.91. The van der Waals surface area contributed by atoms with Crippen LogP contribution in [0.25, 0.3) is 10.4 Å². The van der Waals surface area contributed by atoms with Gasteiger partial charge < -0.3 is 0 Å². The van der Waals surface area contributed by atoms with Gasteiger partial charge in [0, 0.05) is 12.4 Å². The van der Waals surface area contributed by atoms with Crippen molar-refractivity contribution in [3.8, 4) is 16.5 Å². The van der Waals surface area contributed by atoms with Crippen molar-refractivity contribution in [1.82, 2.24) is 9.36 Å². The second-order valence-corrected chi connectivity index (χ2v) is 4.31. The van der Waals surface area contributed by atoms with E-state index in [9.17, 15) is 0 Å². The summed E-state index contributed by atoms with van der Waals surface area (Å²) < 4.78 is 4.24. The predicted molar refractivity (Wildman–Crippen MR) is 61.8 cm³/mol. The number of rotatable bonds is 2. The minimum absolute atomic E-state index is 0.665. The normalized spacial score (nSPS) is 9.87. The van der Waals surface area contributed by atoms with E-state index in [0.717, 1.165) is 15.5 Å². The van der Waals surface area contributed by atoms with Crippen molar-refractivity contribution in [2.24, 2.45) is 0 Å². The first-order valence-electron chi connectivity index (χ1n) is 4.21. The van der Waals surface area contributed by atoms with Crippen LogP contribution in [-0.4, -0.2) is 15.6 Å². The van der Waals surface area contributed by atoms with E-state index in [1.165, 1.54) is 23.3 Å². The van der Waals surface area contributed by atoms with Crippen LogP contribution in [0.1, 0.15) is 5.56 Å². The van der Waals surface area contributed by atoms with Crippen molar-refractivity contribution in [2.75, 3.05) is 6.26 Å². The van der Waals surface area contributed by atoms with E-state index in [4.69, 9.17) is 5.26 Å². The van der Waals surface area contributed by atoms with E-state index in [1.54, 1.807) is 12.4 Å². The van der Waals surface area contributed by atoms with Gasteiger partial charge in [-0.15, -0.1) is 11.8 Å². The van der Waals surface area contributed by atoms with Crippen LogP contribution in [0.15, 0.2) is 29.6 Å². The summed E-state index contributed by atoms with van der Waals surface area (Å²) in [5.74, 6) is 0. The van der Waals surface area contributed by atoms with Gasteiger partial charge >= 0.3 is 0 Å². The SMILES string of the molecule is CSc1nsc(-c2ccncc2)c1C#N. The number of pyridine rings is 1. The number of hydrogen-bond acceptors (Lipinski definition) is 5. The minimum atomic E-state index is 0.665.